The van der Waals surface area contributed by atoms with Crippen LogP contribution in [0.3, 0.4) is 0 Å². The van der Waals surface area contributed by atoms with E-state index >= 15 is 0 Å². The third-order valence-electron chi connectivity index (χ3n) is 4.63. The Kier molecular flexibility index (Phi) is 5.21. The van der Waals surface area contributed by atoms with E-state index in [1.807, 2.05) is 35.2 Å². The predicted octanol–water partition coefficient (Wildman–Crippen LogP) is 5.18. The molecule has 0 radical (unpaired) electrons. The highest BCUT2D eigenvalue weighted by molar-refractivity contribution is 7.11. The minimum Gasteiger partial charge on any atom is -0.497 e. The van der Waals surface area contributed by atoms with Crippen molar-refractivity contribution in [3.05, 3.63) is 76.1 Å². The zero-order chi connectivity index (χ0) is 19.5. The van der Waals surface area contributed by atoms with E-state index in [4.69, 9.17) is 13.6 Å². The number of ether oxygens (including phenoxy) is 1. The van der Waals surface area contributed by atoms with Gasteiger partial charge in [-0.1, -0.05) is 0 Å². The molecule has 1 amide bonds. The number of rotatable bonds is 7. The molecule has 3 aromatic heterocycles. The van der Waals surface area contributed by atoms with Gasteiger partial charge in [-0.2, -0.15) is 0 Å². The number of carbonyl (C=O) groups excluding carboxylic acids is 1. The molecule has 0 spiro atoms. The Morgan fingerprint density at radius 1 is 1.14 bits per heavy atom. The maximum absolute atomic E-state index is 13.1. The largest absolute Gasteiger partial charge is 0.497 e. The van der Waals surface area contributed by atoms with Crippen molar-refractivity contribution >= 4 is 28.2 Å². The van der Waals surface area contributed by atoms with Gasteiger partial charge in [0.2, 0.25) is 5.91 Å². The summed E-state index contributed by atoms with van der Waals surface area (Å²) in [4.78, 5) is 17.3. The standard InChI is InChI=1S/C22H21NO4S/c1-15-5-7-19(28-15)13-23(12-18-4-3-9-26-18)22(24)10-16-14-27-21-11-17(25-2)6-8-20(16)21/h3-9,11,14H,10,12-13H2,1-2H3. The van der Waals surface area contributed by atoms with Gasteiger partial charge in [-0.15, -0.1) is 11.3 Å². The molecule has 0 saturated carbocycles. The first-order valence-electron chi connectivity index (χ1n) is 9.02. The molecule has 4 aromatic rings. The SMILES string of the molecule is COc1ccc2c(CC(=O)N(Cc3ccco3)Cc3ccc(C)s3)coc2c1. The summed E-state index contributed by atoms with van der Waals surface area (Å²) in [5.74, 6) is 1.52. The van der Waals surface area contributed by atoms with Crippen LogP contribution >= 0.6 is 11.3 Å². The van der Waals surface area contributed by atoms with Crippen LogP contribution in [-0.2, 0) is 24.3 Å². The molecule has 0 unspecified atom stereocenters. The first-order chi connectivity index (χ1) is 13.6. The Hall–Kier alpha value is -2.99. The summed E-state index contributed by atoms with van der Waals surface area (Å²) in [7, 11) is 1.62. The van der Waals surface area contributed by atoms with E-state index in [1.165, 1.54) is 4.88 Å². The van der Waals surface area contributed by atoms with Crippen LogP contribution in [0.4, 0.5) is 0 Å². The molecule has 6 heteroatoms. The Bertz CT molecular complexity index is 1080. The van der Waals surface area contributed by atoms with Crippen LogP contribution in [0.25, 0.3) is 11.0 Å². The number of carbonyl (C=O) groups is 1. The van der Waals surface area contributed by atoms with Crippen molar-refractivity contribution < 1.29 is 18.4 Å². The van der Waals surface area contributed by atoms with E-state index in [9.17, 15) is 4.79 Å². The van der Waals surface area contributed by atoms with Gasteiger partial charge in [0.1, 0.15) is 17.1 Å². The topological polar surface area (TPSA) is 55.8 Å². The van der Waals surface area contributed by atoms with Gasteiger partial charge in [0.05, 0.1) is 39.1 Å². The molecule has 0 saturated heterocycles. The summed E-state index contributed by atoms with van der Waals surface area (Å²) in [6.45, 7) is 3.06. The van der Waals surface area contributed by atoms with Crippen molar-refractivity contribution in [2.24, 2.45) is 0 Å². The average Bonchev–Trinajstić information content (AvgIpc) is 3.43. The van der Waals surface area contributed by atoms with Crippen LogP contribution in [0, 0.1) is 6.92 Å². The lowest BCUT2D eigenvalue weighted by Gasteiger charge is -2.21. The van der Waals surface area contributed by atoms with Gasteiger partial charge in [-0.3, -0.25) is 4.79 Å². The maximum Gasteiger partial charge on any atom is 0.227 e. The zero-order valence-electron chi connectivity index (χ0n) is 15.8. The molecule has 0 bridgehead atoms. The number of hydrogen-bond donors (Lipinski definition) is 0. The summed E-state index contributed by atoms with van der Waals surface area (Å²) in [6, 6.07) is 13.5. The normalized spacial score (nSPS) is 11.1. The van der Waals surface area contributed by atoms with E-state index in [-0.39, 0.29) is 12.3 Å². The smallest absolute Gasteiger partial charge is 0.227 e. The minimum absolute atomic E-state index is 0.0287. The fourth-order valence-corrected chi connectivity index (χ4v) is 4.09. The zero-order valence-corrected chi connectivity index (χ0v) is 16.6. The van der Waals surface area contributed by atoms with E-state index in [2.05, 4.69) is 19.1 Å². The summed E-state index contributed by atoms with van der Waals surface area (Å²) in [6.07, 6.45) is 3.55. The first-order valence-corrected chi connectivity index (χ1v) is 9.83. The fraction of sp³-hybridized carbons (Fsp3) is 0.227. The lowest BCUT2D eigenvalue weighted by molar-refractivity contribution is -0.131. The van der Waals surface area contributed by atoms with Crippen LogP contribution < -0.4 is 4.74 Å². The van der Waals surface area contributed by atoms with Crippen LogP contribution in [-0.4, -0.2) is 17.9 Å². The second-order valence-electron chi connectivity index (χ2n) is 6.64. The van der Waals surface area contributed by atoms with E-state index in [0.29, 0.717) is 18.7 Å². The summed E-state index contributed by atoms with van der Waals surface area (Å²) >= 11 is 1.70. The highest BCUT2D eigenvalue weighted by Crippen LogP contribution is 2.27. The van der Waals surface area contributed by atoms with Crippen molar-refractivity contribution in [3.63, 3.8) is 0 Å². The predicted molar refractivity (Wildman–Crippen MR) is 108 cm³/mol. The molecule has 3 heterocycles. The van der Waals surface area contributed by atoms with Crippen LogP contribution in [0.1, 0.15) is 21.1 Å². The summed E-state index contributed by atoms with van der Waals surface area (Å²) in [5.41, 5.74) is 1.59. The van der Waals surface area contributed by atoms with Crippen molar-refractivity contribution in [1.29, 1.82) is 0 Å². The van der Waals surface area contributed by atoms with Gasteiger partial charge >= 0.3 is 0 Å². The molecule has 0 aliphatic rings. The highest BCUT2D eigenvalue weighted by Gasteiger charge is 2.19. The average molecular weight is 395 g/mol. The van der Waals surface area contributed by atoms with Gasteiger partial charge in [-0.25, -0.2) is 0 Å². The Morgan fingerprint density at radius 3 is 2.75 bits per heavy atom. The van der Waals surface area contributed by atoms with Crippen LogP contribution in [0.15, 0.2) is 63.8 Å². The Labute approximate surface area is 167 Å². The minimum atomic E-state index is 0.0287. The summed E-state index contributed by atoms with van der Waals surface area (Å²) in [5, 5.41) is 0.930. The molecule has 5 nitrogen and oxygen atoms in total. The maximum atomic E-state index is 13.1. The van der Waals surface area contributed by atoms with Crippen molar-refractivity contribution in [2.45, 2.75) is 26.4 Å². The number of nitrogens with zero attached hydrogens (tertiary/aromatic N) is 1. The van der Waals surface area contributed by atoms with Crippen LogP contribution in [0.5, 0.6) is 5.75 Å². The van der Waals surface area contributed by atoms with Gasteiger partial charge in [0, 0.05) is 26.8 Å². The monoisotopic (exact) mass is 395 g/mol. The Morgan fingerprint density at radius 2 is 2.04 bits per heavy atom. The number of methoxy groups -OCH3 is 1. The molecule has 0 atom stereocenters. The molecule has 0 fully saturated rings. The van der Waals surface area contributed by atoms with Crippen molar-refractivity contribution in [2.75, 3.05) is 7.11 Å². The molecular weight excluding hydrogens is 374 g/mol. The van der Waals surface area contributed by atoms with Gasteiger partial charge in [0.15, 0.2) is 0 Å². The van der Waals surface area contributed by atoms with Crippen LogP contribution in [0.2, 0.25) is 0 Å². The van der Waals surface area contributed by atoms with Crippen molar-refractivity contribution in [3.8, 4) is 5.75 Å². The molecule has 1 aromatic carbocycles. The quantitative estimate of drug-likeness (QED) is 0.433. The molecule has 4 rings (SSSR count). The molecule has 144 valence electrons. The van der Waals surface area contributed by atoms with Gasteiger partial charge in [-0.05, 0) is 43.3 Å². The number of benzene rings is 1. The number of aryl methyl sites for hydroxylation is 1. The molecule has 0 N–H and O–H groups in total. The summed E-state index contributed by atoms with van der Waals surface area (Å²) < 4.78 is 16.3. The third-order valence-corrected chi connectivity index (χ3v) is 5.61. The Balaban J connectivity index is 1.56. The number of thiophene rings is 1. The number of hydrogen-bond acceptors (Lipinski definition) is 5. The lowest BCUT2D eigenvalue weighted by Crippen LogP contribution is -2.31. The number of amides is 1. The number of fused-ring (bicyclic) bond motifs is 1. The molecule has 0 aliphatic carbocycles. The first kappa shape index (κ1) is 18.4. The van der Waals surface area contributed by atoms with E-state index in [0.717, 1.165) is 27.3 Å². The van der Waals surface area contributed by atoms with E-state index in [1.54, 1.807) is 31.0 Å². The highest BCUT2D eigenvalue weighted by atomic mass is 32.1. The van der Waals surface area contributed by atoms with Gasteiger partial charge < -0.3 is 18.5 Å². The number of furan rings is 2. The third kappa shape index (κ3) is 3.97. The van der Waals surface area contributed by atoms with Crippen molar-refractivity contribution in [1.82, 2.24) is 4.90 Å². The fourth-order valence-electron chi connectivity index (χ4n) is 3.18. The molecular formula is C22H21NO4S. The molecule has 0 aliphatic heterocycles. The second kappa shape index (κ2) is 7.94. The van der Waals surface area contributed by atoms with Gasteiger partial charge in [0.25, 0.3) is 0 Å². The lowest BCUT2D eigenvalue weighted by atomic mass is 10.1. The van der Waals surface area contributed by atoms with E-state index < -0.39 is 0 Å². The second-order valence-corrected chi connectivity index (χ2v) is 8.01. The molecule has 28 heavy (non-hydrogen) atoms.